The molecule has 2 N–H and O–H groups in total. The van der Waals surface area contributed by atoms with Crippen molar-refractivity contribution in [3.05, 3.63) is 53.6 Å². The van der Waals surface area contributed by atoms with E-state index < -0.39 is 11.6 Å². The fourth-order valence-corrected chi connectivity index (χ4v) is 5.56. The second-order valence-corrected chi connectivity index (χ2v) is 11.1. The van der Waals surface area contributed by atoms with Gasteiger partial charge in [-0.25, -0.2) is 18.7 Å². The minimum atomic E-state index is -0.471. The fourth-order valence-electron chi connectivity index (χ4n) is 5.56. The van der Waals surface area contributed by atoms with Gasteiger partial charge in [0.05, 0.1) is 6.61 Å². The van der Waals surface area contributed by atoms with E-state index in [2.05, 4.69) is 45.8 Å². The lowest BCUT2D eigenvalue weighted by molar-refractivity contribution is 0.216. The molecule has 11 heteroatoms. The molecule has 0 radical (unpaired) electrons. The summed E-state index contributed by atoms with van der Waals surface area (Å²) < 4.78 is 39.5. The Balaban J connectivity index is 1.10. The van der Waals surface area contributed by atoms with Crippen molar-refractivity contribution in [3.8, 4) is 5.88 Å². The topological polar surface area (TPSA) is 106 Å². The molecule has 0 amide bonds. The molecule has 0 saturated carbocycles. The number of hydrogen-bond acceptors (Lipinski definition) is 9. The molecule has 1 unspecified atom stereocenters. The summed E-state index contributed by atoms with van der Waals surface area (Å²) in [4.78, 5) is 17.3. The lowest BCUT2D eigenvalue weighted by atomic mass is 9.84. The van der Waals surface area contributed by atoms with E-state index in [0.717, 1.165) is 50.3 Å². The van der Waals surface area contributed by atoms with Gasteiger partial charge in [-0.1, -0.05) is 25.9 Å². The van der Waals surface area contributed by atoms with Crippen molar-refractivity contribution in [2.24, 2.45) is 17.6 Å². The number of anilines is 2. The predicted octanol–water partition coefficient (Wildman–Crippen LogP) is 4.51. The van der Waals surface area contributed by atoms with Crippen LogP contribution in [-0.2, 0) is 0 Å². The van der Waals surface area contributed by atoms with Crippen LogP contribution in [-0.4, -0.2) is 58.9 Å². The molecule has 39 heavy (non-hydrogen) atoms. The smallest absolute Gasteiger partial charge is 0.324 e. The number of halogens is 2. The highest BCUT2D eigenvalue weighted by atomic mass is 19.1. The Kier molecular flexibility index (Phi) is 8.25. The van der Waals surface area contributed by atoms with Crippen LogP contribution >= 0.6 is 0 Å². The average molecular weight is 542 g/mol. The van der Waals surface area contributed by atoms with Crippen LogP contribution in [0, 0.1) is 23.5 Å². The van der Waals surface area contributed by atoms with E-state index in [9.17, 15) is 8.78 Å². The zero-order chi connectivity index (χ0) is 27.5. The lowest BCUT2D eigenvalue weighted by Gasteiger charge is -2.33. The van der Waals surface area contributed by atoms with Gasteiger partial charge in [-0.2, -0.15) is 4.98 Å². The van der Waals surface area contributed by atoms with Crippen molar-refractivity contribution < 1.29 is 18.0 Å². The van der Waals surface area contributed by atoms with E-state index in [4.69, 9.17) is 15.0 Å². The van der Waals surface area contributed by atoms with Gasteiger partial charge in [0.15, 0.2) is 5.82 Å². The first-order chi connectivity index (χ1) is 18.8. The zero-order valence-electron chi connectivity index (χ0n) is 22.8. The van der Waals surface area contributed by atoms with Crippen LogP contribution in [0.5, 0.6) is 5.88 Å². The van der Waals surface area contributed by atoms with Gasteiger partial charge >= 0.3 is 6.01 Å². The van der Waals surface area contributed by atoms with Crippen molar-refractivity contribution in [2.75, 3.05) is 42.6 Å². The maximum atomic E-state index is 14.4. The maximum Gasteiger partial charge on any atom is 0.324 e. The number of rotatable bonds is 9. The largest absolute Gasteiger partial charge is 0.478 e. The summed E-state index contributed by atoms with van der Waals surface area (Å²) in [5.74, 6) is 2.01. The molecule has 5 rings (SSSR count). The Bertz CT molecular complexity index is 1250. The van der Waals surface area contributed by atoms with Gasteiger partial charge in [-0.05, 0) is 54.9 Å². The van der Waals surface area contributed by atoms with Gasteiger partial charge in [0.1, 0.15) is 23.8 Å². The van der Waals surface area contributed by atoms with Gasteiger partial charge < -0.3 is 24.8 Å². The molecule has 3 atom stereocenters. The molecule has 210 valence electrons. The van der Waals surface area contributed by atoms with Gasteiger partial charge in [0.2, 0.25) is 5.88 Å². The van der Waals surface area contributed by atoms with E-state index in [-0.39, 0.29) is 17.9 Å². The summed E-state index contributed by atoms with van der Waals surface area (Å²) >= 11 is 0. The van der Waals surface area contributed by atoms with E-state index in [1.54, 1.807) is 6.07 Å². The molecule has 2 fully saturated rings. The first kappa shape index (κ1) is 27.2. The molecule has 2 saturated heterocycles. The van der Waals surface area contributed by atoms with Gasteiger partial charge in [-0.15, -0.1) is 0 Å². The Morgan fingerprint density at radius 2 is 1.87 bits per heavy atom. The van der Waals surface area contributed by atoms with Crippen LogP contribution in [0.15, 0.2) is 35.1 Å². The minimum Gasteiger partial charge on any atom is -0.478 e. The second-order valence-electron chi connectivity index (χ2n) is 11.1. The molecular formula is C28H37F2N7O2. The number of nitrogens with zero attached hydrogens (tertiary/aromatic N) is 6. The normalized spacial score (nSPS) is 21.1. The number of nitrogens with two attached hydrogens (primary N) is 1. The first-order valence-electron chi connectivity index (χ1n) is 13.8. The molecule has 0 spiro atoms. The summed E-state index contributed by atoms with van der Waals surface area (Å²) in [6, 6.07) is 5.57. The summed E-state index contributed by atoms with van der Waals surface area (Å²) in [7, 11) is 0. The first-order valence-corrected chi connectivity index (χ1v) is 13.8. The van der Waals surface area contributed by atoms with Crippen LogP contribution in [0.4, 0.5) is 20.6 Å². The third kappa shape index (κ3) is 6.29. The highest BCUT2D eigenvalue weighted by molar-refractivity contribution is 5.45. The van der Waals surface area contributed by atoms with Crippen molar-refractivity contribution in [1.29, 1.82) is 0 Å². The molecule has 2 aliphatic rings. The van der Waals surface area contributed by atoms with Crippen molar-refractivity contribution >= 4 is 11.8 Å². The molecule has 0 bridgehead atoms. The van der Waals surface area contributed by atoms with Crippen molar-refractivity contribution in [2.45, 2.75) is 57.9 Å². The standard InChI is InChI=1S/C28H37F2N7O2/c1-17(2)27-34-28(39-35-27)36-9-6-19(7-10-36)18(3)8-11-38-26-13-25(32-16-33-26)37-14-22(24(31)15-37)21-12-20(29)4-5-23(21)30/h4-5,12-13,16-19,22,24H,6-11,14-15,31H2,1-3H3/t18?,22-,24+/m1/s1. The molecule has 9 nitrogen and oxygen atoms in total. The van der Waals surface area contributed by atoms with Gasteiger partial charge in [0.25, 0.3) is 0 Å². The monoisotopic (exact) mass is 541 g/mol. The Morgan fingerprint density at radius 1 is 1.08 bits per heavy atom. The van der Waals surface area contributed by atoms with Crippen molar-refractivity contribution in [1.82, 2.24) is 20.1 Å². The molecule has 3 aromatic rings. The molecule has 2 aromatic heterocycles. The third-order valence-corrected chi connectivity index (χ3v) is 8.06. The quantitative estimate of drug-likeness (QED) is 0.419. The molecule has 4 heterocycles. The van der Waals surface area contributed by atoms with Crippen molar-refractivity contribution in [3.63, 3.8) is 0 Å². The molecule has 0 aliphatic carbocycles. The highest BCUT2D eigenvalue weighted by Crippen LogP contribution is 2.33. The summed E-state index contributed by atoms with van der Waals surface area (Å²) in [6.45, 7) is 9.67. The van der Waals surface area contributed by atoms with Crippen LogP contribution in [0.2, 0.25) is 0 Å². The Morgan fingerprint density at radius 3 is 2.62 bits per heavy atom. The van der Waals surface area contributed by atoms with Crippen LogP contribution < -0.4 is 20.3 Å². The summed E-state index contributed by atoms with van der Waals surface area (Å²) in [5, 5.41) is 4.08. The maximum absolute atomic E-state index is 14.4. The number of hydrogen-bond donors (Lipinski definition) is 1. The Labute approximate surface area is 227 Å². The highest BCUT2D eigenvalue weighted by Gasteiger charge is 2.34. The lowest BCUT2D eigenvalue weighted by Crippen LogP contribution is -2.36. The predicted molar refractivity (Wildman–Crippen MR) is 144 cm³/mol. The fraction of sp³-hybridized carbons (Fsp3) is 0.571. The minimum absolute atomic E-state index is 0.251. The second kappa shape index (κ2) is 11.8. The van der Waals surface area contributed by atoms with E-state index in [0.29, 0.717) is 54.8 Å². The number of benzene rings is 1. The van der Waals surface area contributed by atoms with Gasteiger partial charge in [-0.3, -0.25) is 0 Å². The van der Waals surface area contributed by atoms with E-state index in [1.165, 1.54) is 12.4 Å². The van der Waals surface area contributed by atoms with E-state index >= 15 is 0 Å². The zero-order valence-corrected chi connectivity index (χ0v) is 22.8. The SMILES string of the molecule is CC(C)c1noc(N2CCC(C(C)CCOc3cc(N4C[C@H](c5cc(F)ccc5F)[C@@H](N)C4)ncn3)CC2)n1. The summed E-state index contributed by atoms with van der Waals surface area (Å²) in [5.41, 5.74) is 6.61. The van der Waals surface area contributed by atoms with Crippen LogP contribution in [0.25, 0.3) is 0 Å². The number of piperidine rings is 1. The third-order valence-electron chi connectivity index (χ3n) is 8.06. The van der Waals surface area contributed by atoms with Gasteiger partial charge in [0, 0.05) is 50.1 Å². The number of aromatic nitrogens is 4. The average Bonchev–Trinajstić information content (AvgIpc) is 3.58. The molecule has 1 aromatic carbocycles. The van der Waals surface area contributed by atoms with E-state index in [1.807, 2.05) is 4.90 Å². The molecule has 2 aliphatic heterocycles. The van der Waals surface area contributed by atoms with Crippen LogP contribution in [0.3, 0.4) is 0 Å². The van der Waals surface area contributed by atoms with Crippen LogP contribution in [0.1, 0.15) is 63.3 Å². The Hall–Kier alpha value is -3.34. The summed E-state index contributed by atoms with van der Waals surface area (Å²) in [6.07, 6.45) is 4.52. The molecular weight excluding hydrogens is 504 g/mol. The number of ether oxygens (including phenoxy) is 1.